The first kappa shape index (κ1) is 18.4. The molecule has 1 aromatic carbocycles. The zero-order valence-corrected chi connectivity index (χ0v) is 16.0. The van der Waals surface area contributed by atoms with Crippen LogP contribution >= 0.6 is 11.8 Å². The topological polar surface area (TPSA) is 82.2 Å². The number of thioether (sulfide) groups is 1. The number of aromatic nitrogens is 3. The predicted molar refractivity (Wildman–Crippen MR) is 106 cm³/mol. The summed E-state index contributed by atoms with van der Waals surface area (Å²) in [5, 5.41) is 12.2. The maximum Gasteiger partial charge on any atom is 0.230 e. The molecule has 1 atom stereocenters. The summed E-state index contributed by atoms with van der Waals surface area (Å²) in [6.45, 7) is 4.91. The molecule has 3 heterocycles. The van der Waals surface area contributed by atoms with Crippen LogP contribution in [0.3, 0.4) is 0 Å². The molecule has 1 N–H and O–H groups in total. The van der Waals surface area contributed by atoms with Crippen LogP contribution in [-0.2, 0) is 11.3 Å². The van der Waals surface area contributed by atoms with E-state index in [1.165, 1.54) is 11.8 Å². The Balaban J connectivity index is 1.42. The molecule has 0 radical (unpaired) electrons. The number of furan rings is 1. The van der Waals surface area contributed by atoms with Gasteiger partial charge < -0.3 is 14.5 Å². The number of fused-ring (bicyclic) bond motifs is 1. The molecule has 144 valence electrons. The number of para-hydroxylation sites is 1. The number of hydrogen-bond donors (Lipinski definition) is 1. The summed E-state index contributed by atoms with van der Waals surface area (Å²) in [4.78, 5) is 12.5. The maximum absolute atomic E-state index is 12.5. The minimum absolute atomic E-state index is 0.0391. The molecule has 3 aromatic rings. The van der Waals surface area contributed by atoms with Crippen molar-refractivity contribution >= 4 is 17.7 Å². The Morgan fingerprint density at radius 3 is 3.04 bits per heavy atom. The van der Waals surface area contributed by atoms with Gasteiger partial charge in [-0.2, -0.15) is 0 Å². The van der Waals surface area contributed by atoms with Crippen molar-refractivity contribution in [3.8, 4) is 17.3 Å². The Kier molecular flexibility index (Phi) is 5.48. The van der Waals surface area contributed by atoms with Gasteiger partial charge in [-0.25, -0.2) is 0 Å². The van der Waals surface area contributed by atoms with Crippen LogP contribution in [0.4, 0.5) is 0 Å². The highest BCUT2D eigenvalue weighted by Crippen LogP contribution is 2.31. The van der Waals surface area contributed by atoms with E-state index in [-0.39, 0.29) is 17.7 Å². The molecule has 0 fully saturated rings. The van der Waals surface area contributed by atoms with Gasteiger partial charge in [0, 0.05) is 18.5 Å². The molecule has 7 nitrogen and oxygen atoms in total. The lowest BCUT2D eigenvalue weighted by atomic mass is 10.0. The van der Waals surface area contributed by atoms with Crippen LogP contribution in [0.25, 0.3) is 11.6 Å². The van der Waals surface area contributed by atoms with Crippen LogP contribution in [0.2, 0.25) is 0 Å². The molecule has 0 spiro atoms. The van der Waals surface area contributed by atoms with Crippen LogP contribution in [0.1, 0.15) is 18.0 Å². The van der Waals surface area contributed by atoms with Gasteiger partial charge in [-0.05, 0) is 18.2 Å². The Labute approximate surface area is 166 Å². The van der Waals surface area contributed by atoms with Crippen molar-refractivity contribution in [1.29, 1.82) is 0 Å². The quantitative estimate of drug-likeness (QED) is 0.487. The van der Waals surface area contributed by atoms with Gasteiger partial charge in [-0.15, -0.1) is 16.8 Å². The minimum atomic E-state index is -0.0561. The molecule has 1 aliphatic rings. The number of hydrogen-bond acceptors (Lipinski definition) is 6. The minimum Gasteiger partial charge on any atom is -0.493 e. The van der Waals surface area contributed by atoms with Crippen molar-refractivity contribution in [2.24, 2.45) is 0 Å². The van der Waals surface area contributed by atoms with E-state index >= 15 is 0 Å². The average molecular weight is 396 g/mol. The lowest BCUT2D eigenvalue weighted by Gasteiger charge is -2.26. The molecule has 4 rings (SSSR count). The van der Waals surface area contributed by atoms with E-state index in [9.17, 15) is 4.79 Å². The van der Waals surface area contributed by atoms with E-state index in [0.29, 0.717) is 29.9 Å². The van der Waals surface area contributed by atoms with Crippen molar-refractivity contribution < 1.29 is 13.9 Å². The Morgan fingerprint density at radius 2 is 2.21 bits per heavy atom. The summed E-state index contributed by atoms with van der Waals surface area (Å²) in [6, 6.07) is 11.4. The Bertz CT molecular complexity index is 968. The van der Waals surface area contributed by atoms with E-state index in [1.807, 2.05) is 34.9 Å². The van der Waals surface area contributed by atoms with Gasteiger partial charge in [0.1, 0.15) is 5.75 Å². The fourth-order valence-corrected chi connectivity index (χ4v) is 3.89. The standard InChI is InChI=1S/C20H20N4O3S/c1-2-10-24-19(17-8-5-11-26-17)22-23-20(24)28-13-18(25)21-15-9-12-27-16-7-4-3-6-14(15)16/h2-8,11,15H,1,9-10,12-13H2,(H,21,25). The van der Waals surface area contributed by atoms with Crippen molar-refractivity contribution in [1.82, 2.24) is 20.1 Å². The largest absolute Gasteiger partial charge is 0.493 e. The first-order valence-corrected chi connectivity index (χ1v) is 9.96. The average Bonchev–Trinajstić information content (AvgIpc) is 3.37. The van der Waals surface area contributed by atoms with Gasteiger partial charge in [-0.1, -0.05) is 36.0 Å². The molecule has 1 unspecified atom stereocenters. The number of benzene rings is 1. The summed E-state index contributed by atoms with van der Waals surface area (Å²) >= 11 is 1.34. The normalized spacial score (nSPS) is 15.5. The van der Waals surface area contributed by atoms with E-state index < -0.39 is 0 Å². The number of amides is 1. The molecule has 1 amide bonds. The SMILES string of the molecule is C=CCn1c(SCC(=O)NC2CCOc3ccccc32)nnc1-c1ccco1. The number of nitrogens with zero attached hydrogens (tertiary/aromatic N) is 3. The fourth-order valence-electron chi connectivity index (χ4n) is 3.14. The molecule has 2 aromatic heterocycles. The smallest absolute Gasteiger partial charge is 0.230 e. The van der Waals surface area contributed by atoms with Gasteiger partial charge in [0.2, 0.25) is 11.7 Å². The number of ether oxygens (including phenoxy) is 1. The highest BCUT2D eigenvalue weighted by atomic mass is 32.2. The van der Waals surface area contributed by atoms with Gasteiger partial charge in [-0.3, -0.25) is 9.36 Å². The van der Waals surface area contributed by atoms with Crippen molar-refractivity contribution in [2.75, 3.05) is 12.4 Å². The Hall–Kier alpha value is -3.00. The van der Waals surface area contributed by atoms with Crippen LogP contribution in [0, 0.1) is 0 Å². The van der Waals surface area contributed by atoms with Crippen molar-refractivity contribution in [3.63, 3.8) is 0 Å². The zero-order valence-electron chi connectivity index (χ0n) is 15.2. The van der Waals surface area contributed by atoms with Crippen LogP contribution in [0.15, 0.2) is 64.9 Å². The van der Waals surface area contributed by atoms with E-state index in [1.54, 1.807) is 18.4 Å². The fraction of sp³-hybridized carbons (Fsp3) is 0.250. The molecule has 8 heteroatoms. The van der Waals surface area contributed by atoms with Crippen LogP contribution in [-0.4, -0.2) is 33.0 Å². The molecule has 0 aliphatic carbocycles. The van der Waals surface area contributed by atoms with Gasteiger partial charge in [0.15, 0.2) is 10.9 Å². The molecule has 0 bridgehead atoms. The maximum atomic E-state index is 12.5. The third-order valence-electron chi connectivity index (χ3n) is 4.40. The Morgan fingerprint density at radius 1 is 1.32 bits per heavy atom. The zero-order chi connectivity index (χ0) is 19.3. The summed E-state index contributed by atoms with van der Waals surface area (Å²) < 4.78 is 13.0. The van der Waals surface area contributed by atoms with Gasteiger partial charge >= 0.3 is 0 Å². The highest BCUT2D eigenvalue weighted by Gasteiger charge is 2.23. The van der Waals surface area contributed by atoms with E-state index in [4.69, 9.17) is 9.15 Å². The van der Waals surface area contributed by atoms with Gasteiger partial charge in [0.25, 0.3) is 0 Å². The van der Waals surface area contributed by atoms with Crippen molar-refractivity contribution in [3.05, 3.63) is 60.9 Å². The van der Waals surface area contributed by atoms with Crippen LogP contribution in [0.5, 0.6) is 5.75 Å². The second-order valence-electron chi connectivity index (χ2n) is 6.27. The molecule has 1 aliphatic heterocycles. The number of carbonyl (C=O) groups excluding carboxylic acids is 1. The lowest BCUT2D eigenvalue weighted by molar-refractivity contribution is -0.119. The van der Waals surface area contributed by atoms with Crippen molar-refractivity contribution in [2.45, 2.75) is 24.2 Å². The predicted octanol–water partition coefficient (Wildman–Crippen LogP) is 3.46. The summed E-state index contributed by atoms with van der Waals surface area (Å²) in [5.41, 5.74) is 1.02. The monoisotopic (exact) mass is 396 g/mol. The molecule has 28 heavy (non-hydrogen) atoms. The number of rotatable bonds is 7. The highest BCUT2D eigenvalue weighted by molar-refractivity contribution is 7.99. The number of allylic oxidation sites excluding steroid dienone is 1. The molecular weight excluding hydrogens is 376 g/mol. The van der Waals surface area contributed by atoms with E-state index in [2.05, 4.69) is 22.1 Å². The summed E-state index contributed by atoms with van der Waals surface area (Å²) in [6.07, 6.45) is 4.11. The second-order valence-corrected chi connectivity index (χ2v) is 7.21. The third-order valence-corrected chi connectivity index (χ3v) is 5.36. The second kappa shape index (κ2) is 8.35. The van der Waals surface area contributed by atoms with Crippen LogP contribution < -0.4 is 10.1 Å². The number of carbonyl (C=O) groups is 1. The number of nitrogens with one attached hydrogen (secondary N) is 1. The lowest BCUT2D eigenvalue weighted by Crippen LogP contribution is -2.33. The summed E-state index contributed by atoms with van der Waals surface area (Å²) in [7, 11) is 0. The first-order chi connectivity index (χ1) is 13.8. The third kappa shape index (κ3) is 3.82. The summed E-state index contributed by atoms with van der Waals surface area (Å²) in [5.74, 6) is 2.27. The van der Waals surface area contributed by atoms with E-state index in [0.717, 1.165) is 17.7 Å². The molecule has 0 saturated heterocycles. The van der Waals surface area contributed by atoms with Gasteiger partial charge in [0.05, 0.1) is 24.7 Å². The molecular formula is C20H20N4O3S. The first-order valence-electron chi connectivity index (χ1n) is 8.98. The molecule has 0 saturated carbocycles.